The molecule has 2 fully saturated rings. The molecule has 0 aliphatic heterocycles. The van der Waals surface area contributed by atoms with Crippen LogP contribution in [-0.2, 0) is 10.2 Å². The summed E-state index contributed by atoms with van der Waals surface area (Å²) in [5.41, 5.74) is 1.33. The Labute approximate surface area is 194 Å². The average Bonchev–Trinajstić information content (AvgIpc) is 3.40. The van der Waals surface area contributed by atoms with E-state index in [-0.39, 0.29) is 17.6 Å². The normalized spacial score (nSPS) is 21.2. The molecule has 1 unspecified atom stereocenters. The second-order valence-electron chi connectivity index (χ2n) is 10.4. The van der Waals surface area contributed by atoms with Gasteiger partial charge in [0.05, 0.1) is 5.41 Å². The third-order valence-corrected chi connectivity index (χ3v) is 6.72. The minimum absolute atomic E-state index is 0.125. The third kappa shape index (κ3) is 4.52. The largest absolute Gasteiger partial charge is 0.444 e. The lowest BCUT2D eigenvalue weighted by molar-refractivity contribution is 0.0123. The Morgan fingerprint density at radius 3 is 2.36 bits per heavy atom. The van der Waals surface area contributed by atoms with E-state index < -0.39 is 5.60 Å². The zero-order valence-electron chi connectivity index (χ0n) is 19.5. The lowest BCUT2D eigenvalue weighted by Gasteiger charge is -2.43. The van der Waals surface area contributed by atoms with E-state index in [1.54, 1.807) is 0 Å². The van der Waals surface area contributed by atoms with Crippen molar-refractivity contribution in [3.63, 3.8) is 0 Å². The topological polar surface area (TPSA) is 68.5 Å². The van der Waals surface area contributed by atoms with Crippen molar-refractivity contribution in [3.05, 3.63) is 72.1 Å². The van der Waals surface area contributed by atoms with E-state index in [2.05, 4.69) is 29.4 Å². The van der Waals surface area contributed by atoms with E-state index in [4.69, 9.17) is 14.2 Å². The molecule has 33 heavy (non-hydrogen) atoms. The van der Waals surface area contributed by atoms with Crippen LogP contribution in [0.3, 0.4) is 0 Å². The molecule has 6 nitrogen and oxygen atoms in total. The molecule has 3 aromatic rings. The Bertz CT molecular complexity index is 1100. The van der Waals surface area contributed by atoms with Crippen molar-refractivity contribution in [1.82, 2.24) is 15.0 Å². The number of rotatable bonds is 6. The monoisotopic (exact) mass is 445 g/mol. The van der Waals surface area contributed by atoms with Crippen LogP contribution in [0.25, 0.3) is 11.5 Å². The molecule has 2 aliphatic carbocycles. The van der Waals surface area contributed by atoms with E-state index >= 15 is 0 Å². The number of nitrogens with zero attached hydrogens (tertiary/aromatic N) is 3. The summed E-state index contributed by atoms with van der Waals surface area (Å²) >= 11 is 0. The van der Waals surface area contributed by atoms with Crippen LogP contribution in [0, 0.1) is 0 Å². The first-order chi connectivity index (χ1) is 15.8. The summed E-state index contributed by atoms with van der Waals surface area (Å²) in [6.45, 7) is 6.28. The molecule has 2 aliphatic rings. The molecule has 2 saturated carbocycles. The maximum atomic E-state index is 13.3. The molecule has 1 heterocycles. The first-order valence-electron chi connectivity index (χ1n) is 11.8. The van der Waals surface area contributed by atoms with Gasteiger partial charge in [-0.05, 0) is 57.7 Å². The van der Waals surface area contributed by atoms with Crippen molar-refractivity contribution in [2.75, 3.05) is 6.54 Å². The number of hydrogen-bond acceptors (Lipinski definition) is 5. The second kappa shape index (κ2) is 8.32. The summed E-state index contributed by atoms with van der Waals surface area (Å²) in [6.07, 6.45) is 3.64. The number of benzene rings is 2. The highest BCUT2D eigenvalue weighted by atomic mass is 16.6. The van der Waals surface area contributed by atoms with Crippen molar-refractivity contribution in [3.8, 4) is 11.5 Å². The molecular weight excluding hydrogens is 414 g/mol. The van der Waals surface area contributed by atoms with Crippen molar-refractivity contribution in [2.24, 2.45) is 0 Å². The molecule has 2 atom stereocenters. The molecule has 6 heteroatoms. The summed E-state index contributed by atoms with van der Waals surface area (Å²) in [6, 6.07) is 20.4. The van der Waals surface area contributed by atoms with E-state index in [0.29, 0.717) is 24.2 Å². The van der Waals surface area contributed by atoms with Crippen molar-refractivity contribution in [2.45, 2.75) is 69.4 Å². The third-order valence-electron chi connectivity index (χ3n) is 6.72. The van der Waals surface area contributed by atoms with Gasteiger partial charge in [0.2, 0.25) is 0 Å². The minimum Gasteiger partial charge on any atom is -0.444 e. The molecule has 1 aromatic heterocycles. The Morgan fingerprint density at radius 1 is 1.09 bits per heavy atom. The van der Waals surface area contributed by atoms with Gasteiger partial charge in [-0.15, -0.1) is 0 Å². The number of carbonyl (C=O) groups excluding carboxylic acids is 1. The van der Waals surface area contributed by atoms with Crippen LogP contribution >= 0.6 is 0 Å². The molecule has 1 amide bonds. The number of amides is 1. The van der Waals surface area contributed by atoms with Gasteiger partial charge in [0, 0.05) is 24.1 Å². The van der Waals surface area contributed by atoms with Crippen LogP contribution in [0.4, 0.5) is 4.79 Å². The zero-order valence-corrected chi connectivity index (χ0v) is 19.5. The Morgan fingerprint density at radius 2 is 1.76 bits per heavy atom. The summed E-state index contributed by atoms with van der Waals surface area (Å²) in [5.74, 6) is 1.55. The van der Waals surface area contributed by atoms with Gasteiger partial charge in [-0.2, -0.15) is 4.98 Å². The lowest BCUT2D eigenvalue weighted by Crippen LogP contribution is -2.50. The lowest BCUT2D eigenvalue weighted by atomic mass is 9.67. The predicted octanol–water partition coefficient (Wildman–Crippen LogP) is 5.95. The van der Waals surface area contributed by atoms with Crippen LogP contribution in [0.1, 0.15) is 63.8 Å². The fraction of sp³-hybridized carbons (Fsp3) is 0.444. The molecule has 5 rings (SSSR count). The van der Waals surface area contributed by atoms with Crippen LogP contribution in [0.15, 0.2) is 65.2 Å². The minimum atomic E-state index is -0.550. The fourth-order valence-electron chi connectivity index (χ4n) is 4.74. The van der Waals surface area contributed by atoms with Crippen LogP contribution in [-0.4, -0.2) is 39.3 Å². The van der Waals surface area contributed by atoms with E-state index in [1.807, 2.05) is 62.1 Å². The first-order valence-corrected chi connectivity index (χ1v) is 11.8. The summed E-state index contributed by atoms with van der Waals surface area (Å²) in [5, 5.41) is 4.37. The standard InChI is InChI=1S/C27H31N3O3/c1-26(2,3)32-25(31)30(22-17-21(22)19-11-6-4-7-12-19)18-27(15-10-16-27)24-28-23(33-29-24)20-13-8-5-9-14-20/h4-9,11-14,21-22H,10,15-18H2,1-3H3/t21?,22-/m0/s1. The quantitative estimate of drug-likeness (QED) is 0.469. The van der Waals surface area contributed by atoms with Crippen LogP contribution in [0.5, 0.6) is 0 Å². The highest BCUT2D eigenvalue weighted by molar-refractivity contribution is 5.70. The van der Waals surface area contributed by atoms with E-state index in [0.717, 1.165) is 31.2 Å². The van der Waals surface area contributed by atoms with Gasteiger partial charge in [-0.3, -0.25) is 0 Å². The van der Waals surface area contributed by atoms with E-state index in [9.17, 15) is 4.79 Å². The molecule has 172 valence electrons. The van der Waals surface area contributed by atoms with Gasteiger partial charge in [-0.25, -0.2) is 4.79 Å². The number of aromatic nitrogens is 2. The first kappa shape index (κ1) is 21.7. The molecular formula is C27H31N3O3. The summed E-state index contributed by atoms with van der Waals surface area (Å²) < 4.78 is 11.5. The van der Waals surface area contributed by atoms with Crippen molar-refractivity contribution < 1.29 is 14.1 Å². The Hall–Kier alpha value is -3.15. The SMILES string of the molecule is CC(C)(C)OC(=O)N(CC1(c2noc(-c3ccccc3)n2)CCC1)[C@H]1CC1c1ccccc1. The Kier molecular flexibility index (Phi) is 5.47. The highest BCUT2D eigenvalue weighted by Crippen LogP contribution is 2.49. The van der Waals surface area contributed by atoms with Gasteiger partial charge in [-0.1, -0.05) is 60.1 Å². The maximum absolute atomic E-state index is 13.3. The number of ether oxygens (including phenoxy) is 1. The van der Waals surface area contributed by atoms with Gasteiger partial charge in [0.25, 0.3) is 5.89 Å². The smallest absolute Gasteiger partial charge is 0.410 e. The fourth-order valence-corrected chi connectivity index (χ4v) is 4.74. The maximum Gasteiger partial charge on any atom is 0.410 e. The summed E-state index contributed by atoms with van der Waals surface area (Å²) in [7, 11) is 0. The Balaban J connectivity index is 1.41. The molecule has 2 aromatic carbocycles. The van der Waals surface area contributed by atoms with Gasteiger partial charge in [0.1, 0.15) is 5.60 Å². The van der Waals surface area contributed by atoms with E-state index in [1.165, 1.54) is 5.56 Å². The number of carbonyl (C=O) groups is 1. The second-order valence-corrected chi connectivity index (χ2v) is 10.4. The number of hydrogen-bond donors (Lipinski definition) is 0. The van der Waals surface area contributed by atoms with Crippen molar-refractivity contribution >= 4 is 6.09 Å². The van der Waals surface area contributed by atoms with Gasteiger partial charge in [0.15, 0.2) is 5.82 Å². The molecule has 0 saturated heterocycles. The van der Waals surface area contributed by atoms with Crippen LogP contribution < -0.4 is 0 Å². The van der Waals surface area contributed by atoms with Gasteiger partial charge < -0.3 is 14.2 Å². The molecule has 0 N–H and O–H groups in total. The summed E-state index contributed by atoms with van der Waals surface area (Å²) in [4.78, 5) is 20.0. The van der Waals surface area contributed by atoms with Crippen molar-refractivity contribution in [1.29, 1.82) is 0 Å². The molecule has 0 spiro atoms. The van der Waals surface area contributed by atoms with Gasteiger partial charge >= 0.3 is 6.09 Å². The molecule has 0 radical (unpaired) electrons. The zero-order chi connectivity index (χ0) is 23.1. The molecule has 0 bridgehead atoms. The predicted molar refractivity (Wildman–Crippen MR) is 126 cm³/mol. The average molecular weight is 446 g/mol. The van der Waals surface area contributed by atoms with Crippen LogP contribution in [0.2, 0.25) is 0 Å². The highest BCUT2D eigenvalue weighted by Gasteiger charge is 2.52.